The molecule has 0 saturated carbocycles. The molecule has 3 N–H and O–H groups in total. The van der Waals surface area contributed by atoms with Crippen LogP contribution in [0.4, 0.5) is 11.4 Å². The van der Waals surface area contributed by atoms with Crippen LogP contribution in [0.25, 0.3) is 44.1 Å². The number of carbonyl (C=O) groups excluding carboxylic acids is 4. The first-order valence-corrected chi connectivity index (χ1v) is 20.1. The summed E-state index contributed by atoms with van der Waals surface area (Å²) in [5.74, 6) is -1.20. The number of nitrogens with one attached hydrogen (secondary N) is 3. The Balaban J connectivity index is 0.849. The second-order valence-electron chi connectivity index (χ2n) is 14.6. The van der Waals surface area contributed by atoms with Crippen LogP contribution in [0.3, 0.4) is 0 Å². The van der Waals surface area contributed by atoms with Gasteiger partial charge in [-0.2, -0.15) is 0 Å². The average Bonchev–Trinajstić information content (AvgIpc) is 4.05. The van der Waals surface area contributed by atoms with Crippen molar-refractivity contribution in [3.8, 4) is 22.5 Å². The van der Waals surface area contributed by atoms with Crippen molar-refractivity contribution in [2.75, 3.05) is 23.7 Å². The lowest BCUT2D eigenvalue weighted by Gasteiger charge is -2.24. The SMILES string of the molecule is O=C(Nc1ccc(-c2nc[nH]c2-c2ccc(NC(=O)C3CCCN3C(=O)c3nc(Cl)cc4ccccc34)cc2)cc1)C1CCCN1C(=O)c1nc(Cl)cc2ccccc12. The maximum atomic E-state index is 13.7. The van der Waals surface area contributed by atoms with Gasteiger partial charge in [0.15, 0.2) is 0 Å². The molecule has 0 aliphatic carbocycles. The van der Waals surface area contributed by atoms with Gasteiger partial charge < -0.3 is 25.4 Å². The summed E-state index contributed by atoms with van der Waals surface area (Å²) >= 11 is 12.5. The van der Waals surface area contributed by atoms with Gasteiger partial charge in [0.25, 0.3) is 11.8 Å². The number of H-pyrrole nitrogens is 1. The Morgan fingerprint density at radius 1 is 0.610 bits per heavy atom. The van der Waals surface area contributed by atoms with E-state index in [4.69, 9.17) is 23.2 Å². The third kappa shape index (κ3) is 7.48. The van der Waals surface area contributed by atoms with E-state index in [0.717, 1.165) is 27.6 Å². The molecule has 2 aliphatic heterocycles. The second-order valence-corrected chi connectivity index (χ2v) is 15.4. The van der Waals surface area contributed by atoms with Gasteiger partial charge in [-0.15, -0.1) is 0 Å². The molecule has 9 rings (SSSR count). The molecule has 3 aromatic heterocycles. The Bertz CT molecular complexity index is 2590. The van der Waals surface area contributed by atoms with Crippen molar-refractivity contribution in [1.82, 2.24) is 29.7 Å². The Hall–Kier alpha value is -6.63. The zero-order valence-corrected chi connectivity index (χ0v) is 33.0. The van der Waals surface area contributed by atoms with Gasteiger partial charge in [-0.05, 0) is 72.9 Å². The summed E-state index contributed by atoms with van der Waals surface area (Å²) in [5, 5.41) is 9.40. The number of aromatic nitrogens is 4. The minimum atomic E-state index is -0.654. The molecule has 0 bridgehead atoms. The number of pyridine rings is 2. The standard InChI is InChI=1S/C45H36Cl2N8O4/c46-36-23-28-7-1-3-9-32(28)40(52-36)44(58)54-21-5-11-34(54)42(56)50-30-17-13-26(14-18-30)38-39(49-25-48-38)27-15-19-31(20-16-27)51-43(57)35-12-6-22-55(35)45(59)41-33-10-4-2-8-29(33)24-37(47)53-41/h1-4,7-10,13-20,23-25,34-35H,5-6,11-12,21-22H2,(H,48,49)(H,50,56)(H,51,57). The van der Waals surface area contributed by atoms with Crippen molar-refractivity contribution in [2.45, 2.75) is 37.8 Å². The zero-order valence-electron chi connectivity index (χ0n) is 31.5. The topological polar surface area (TPSA) is 153 Å². The average molecular weight is 824 g/mol. The summed E-state index contributed by atoms with van der Waals surface area (Å²) in [6.07, 6.45) is 4.07. The Morgan fingerprint density at radius 2 is 1.07 bits per heavy atom. The van der Waals surface area contributed by atoms with Crippen LogP contribution in [0, 0.1) is 0 Å². The molecule has 2 aliphatic rings. The summed E-state index contributed by atoms with van der Waals surface area (Å²) < 4.78 is 0. The molecule has 0 radical (unpaired) electrons. The van der Waals surface area contributed by atoms with Crippen molar-refractivity contribution < 1.29 is 19.2 Å². The molecule has 2 fully saturated rings. The number of amides is 4. The minimum Gasteiger partial charge on any atom is -0.344 e. The van der Waals surface area contributed by atoms with Crippen LogP contribution in [0.2, 0.25) is 10.3 Å². The number of hydrogen-bond acceptors (Lipinski definition) is 7. The second kappa shape index (κ2) is 16.0. The van der Waals surface area contributed by atoms with Crippen LogP contribution in [-0.2, 0) is 9.59 Å². The van der Waals surface area contributed by atoms with Crippen LogP contribution in [-0.4, -0.2) is 78.5 Å². The number of carbonyl (C=O) groups is 4. The van der Waals surface area contributed by atoms with Gasteiger partial charge >= 0.3 is 0 Å². The number of halogens is 2. The number of rotatable bonds is 8. The van der Waals surface area contributed by atoms with Crippen molar-refractivity contribution in [3.63, 3.8) is 0 Å². The van der Waals surface area contributed by atoms with Gasteiger partial charge in [0.2, 0.25) is 11.8 Å². The molecule has 7 aromatic rings. The lowest BCUT2D eigenvalue weighted by atomic mass is 10.0. The van der Waals surface area contributed by atoms with E-state index in [2.05, 4.69) is 30.6 Å². The highest BCUT2D eigenvalue weighted by molar-refractivity contribution is 6.31. The zero-order chi connectivity index (χ0) is 40.6. The summed E-state index contributed by atoms with van der Waals surface area (Å²) in [6, 6.07) is 31.7. The third-order valence-electron chi connectivity index (χ3n) is 11.0. The van der Waals surface area contributed by atoms with Gasteiger partial charge in [0.05, 0.1) is 17.7 Å². The fourth-order valence-corrected chi connectivity index (χ4v) is 8.52. The minimum absolute atomic E-state index is 0.220. The number of imidazole rings is 1. The number of aromatic amines is 1. The maximum absolute atomic E-state index is 13.7. The lowest BCUT2D eigenvalue weighted by molar-refractivity contribution is -0.120. The van der Waals surface area contributed by atoms with E-state index in [0.29, 0.717) is 66.6 Å². The van der Waals surface area contributed by atoms with Gasteiger partial charge in [-0.3, -0.25) is 19.2 Å². The van der Waals surface area contributed by atoms with Crippen LogP contribution in [0.5, 0.6) is 0 Å². The van der Waals surface area contributed by atoms with Gasteiger partial charge in [0.1, 0.15) is 33.8 Å². The molecule has 14 heteroatoms. The number of likely N-dealkylation sites (tertiary alicyclic amines) is 2. The molecule has 2 saturated heterocycles. The van der Waals surface area contributed by atoms with Gasteiger partial charge in [-0.1, -0.05) is 96.0 Å². The molecule has 2 atom stereocenters. The molecule has 59 heavy (non-hydrogen) atoms. The van der Waals surface area contributed by atoms with Gasteiger partial charge in [-0.25, -0.2) is 15.0 Å². The summed E-state index contributed by atoms with van der Waals surface area (Å²) in [7, 11) is 0. The number of fused-ring (bicyclic) bond motifs is 2. The number of hydrogen-bond donors (Lipinski definition) is 3. The van der Waals surface area contributed by atoms with Crippen molar-refractivity contribution in [1.29, 1.82) is 0 Å². The first-order chi connectivity index (χ1) is 28.7. The number of benzene rings is 4. The smallest absolute Gasteiger partial charge is 0.273 e. The van der Waals surface area contributed by atoms with E-state index in [-0.39, 0.29) is 45.3 Å². The normalized spacial score (nSPS) is 16.4. The predicted octanol–water partition coefficient (Wildman–Crippen LogP) is 8.63. The molecular formula is C45H36Cl2N8O4. The summed E-state index contributed by atoms with van der Waals surface area (Å²) in [6.45, 7) is 0.878. The van der Waals surface area contributed by atoms with E-state index >= 15 is 0 Å². The maximum Gasteiger partial charge on any atom is 0.273 e. The van der Waals surface area contributed by atoms with Crippen molar-refractivity contribution in [2.24, 2.45) is 0 Å². The predicted molar refractivity (Wildman–Crippen MR) is 228 cm³/mol. The monoisotopic (exact) mass is 822 g/mol. The van der Waals surface area contributed by atoms with E-state index in [9.17, 15) is 19.2 Å². The van der Waals surface area contributed by atoms with Crippen molar-refractivity contribution in [3.05, 3.63) is 137 Å². The van der Waals surface area contributed by atoms with Crippen LogP contribution >= 0.6 is 23.2 Å². The largest absolute Gasteiger partial charge is 0.344 e. The summed E-state index contributed by atoms with van der Waals surface area (Å²) in [5.41, 5.74) is 4.78. The number of nitrogens with zero attached hydrogens (tertiary/aromatic N) is 5. The molecule has 294 valence electrons. The molecule has 2 unspecified atom stereocenters. The number of anilines is 2. The van der Waals surface area contributed by atoms with Crippen LogP contribution in [0.15, 0.2) is 116 Å². The highest BCUT2D eigenvalue weighted by Gasteiger charge is 2.37. The Kier molecular flexibility index (Phi) is 10.3. The fraction of sp³-hybridized carbons (Fsp3) is 0.178. The van der Waals surface area contributed by atoms with E-state index in [1.165, 1.54) is 0 Å². The third-order valence-corrected chi connectivity index (χ3v) is 11.3. The Labute approximate surface area is 348 Å². The van der Waals surface area contributed by atoms with Crippen LogP contribution < -0.4 is 10.6 Å². The molecular weight excluding hydrogens is 787 g/mol. The molecule has 4 amide bonds. The Morgan fingerprint density at radius 3 is 1.56 bits per heavy atom. The van der Waals surface area contributed by atoms with Crippen molar-refractivity contribution >= 4 is 79.8 Å². The van der Waals surface area contributed by atoms with Crippen LogP contribution in [0.1, 0.15) is 46.7 Å². The molecule has 12 nitrogen and oxygen atoms in total. The molecule has 5 heterocycles. The molecule has 4 aromatic carbocycles. The van der Waals surface area contributed by atoms with E-state index < -0.39 is 12.1 Å². The van der Waals surface area contributed by atoms with Gasteiger partial charge in [0, 0.05) is 46.4 Å². The highest BCUT2D eigenvalue weighted by Crippen LogP contribution is 2.32. The first kappa shape index (κ1) is 37.9. The quantitative estimate of drug-likeness (QED) is 0.130. The first-order valence-electron chi connectivity index (χ1n) is 19.3. The highest BCUT2D eigenvalue weighted by atomic mass is 35.5. The summed E-state index contributed by atoms with van der Waals surface area (Å²) in [4.78, 5) is 74.2. The lowest BCUT2D eigenvalue weighted by Crippen LogP contribution is -2.43. The fourth-order valence-electron chi connectivity index (χ4n) is 8.11. The van der Waals surface area contributed by atoms with E-state index in [1.807, 2.05) is 84.9 Å². The molecule has 0 spiro atoms. The van der Waals surface area contributed by atoms with E-state index in [1.54, 1.807) is 40.4 Å².